The van der Waals surface area contributed by atoms with Crippen LogP contribution in [0.3, 0.4) is 0 Å². The fourth-order valence-corrected chi connectivity index (χ4v) is 2.67. The molecule has 1 nitrogen and oxygen atoms in total. The molecule has 106 valence electrons. The first kappa shape index (κ1) is 15.8. The van der Waals surface area contributed by atoms with Crippen LogP contribution in [0.25, 0.3) is 0 Å². The Morgan fingerprint density at radius 3 is 2.60 bits per heavy atom. The third-order valence-electron chi connectivity index (χ3n) is 3.15. The van der Waals surface area contributed by atoms with Crippen LogP contribution in [0.2, 0.25) is 10.0 Å². The third-order valence-corrected chi connectivity index (χ3v) is 4.67. The molecule has 0 aliphatic rings. The Morgan fingerprint density at radius 1 is 1.20 bits per heavy atom. The van der Waals surface area contributed by atoms with Gasteiger partial charge in [-0.25, -0.2) is 4.39 Å². The summed E-state index contributed by atoms with van der Waals surface area (Å²) >= 11 is 15.3. The van der Waals surface area contributed by atoms with Gasteiger partial charge in [0.25, 0.3) is 0 Å². The standard InChI is InChI=1S/C15H13BrCl2FN/c1-20-14(9-5-6-11(16)13(18)7-9)8-10-3-2-4-12(17)15(10)19/h2-7,14,20H,8H2,1H3. The van der Waals surface area contributed by atoms with Gasteiger partial charge in [0, 0.05) is 10.5 Å². The summed E-state index contributed by atoms with van der Waals surface area (Å²) in [6, 6.07) is 10.7. The van der Waals surface area contributed by atoms with Crippen molar-refractivity contribution in [3.05, 3.63) is 67.9 Å². The second kappa shape index (κ2) is 6.90. The molecule has 0 saturated carbocycles. The fraction of sp³-hybridized carbons (Fsp3) is 0.200. The van der Waals surface area contributed by atoms with Crippen molar-refractivity contribution in [2.45, 2.75) is 12.5 Å². The lowest BCUT2D eigenvalue weighted by Crippen LogP contribution is -2.19. The van der Waals surface area contributed by atoms with Gasteiger partial charge in [-0.3, -0.25) is 0 Å². The minimum Gasteiger partial charge on any atom is -0.313 e. The van der Waals surface area contributed by atoms with E-state index in [-0.39, 0.29) is 16.9 Å². The topological polar surface area (TPSA) is 12.0 Å². The van der Waals surface area contributed by atoms with E-state index < -0.39 is 0 Å². The van der Waals surface area contributed by atoms with E-state index in [2.05, 4.69) is 21.2 Å². The Balaban J connectivity index is 2.28. The number of likely N-dealkylation sites (N-methyl/N-ethyl adjacent to an activating group) is 1. The number of rotatable bonds is 4. The van der Waals surface area contributed by atoms with Crippen molar-refractivity contribution in [1.29, 1.82) is 0 Å². The van der Waals surface area contributed by atoms with Crippen molar-refractivity contribution in [3.63, 3.8) is 0 Å². The molecule has 2 aromatic carbocycles. The van der Waals surface area contributed by atoms with Gasteiger partial charge in [-0.2, -0.15) is 0 Å². The molecule has 0 amide bonds. The number of benzene rings is 2. The zero-order valence-corrected chi connectivity index (χ0v) is 13.9. The van der Waals surface area contributed by atoms with Crippen LogP contribution in [-0.2, 0) is 6.42 Å². The van der Waals surface area contributed by atoms with Crippen LogP contribution in [-0.4, -0.2) is 7.05 Å². The minimum atomic E-state index is -0.363. The smallest absolute Gasteiger partial charge is 0.145 e. The molecule has 2 aromatic rings. The van der Waals surface area contributed by atoms with Crippen molar-refractivity contribution < 1.29 is 4.39 Å². The van der Waals surface area contributed by atoms with E-state index in [0.29, 0.717) is 17.0 Å². The second-order valence-corrected chi connectivity index (χ2v) is 6.10. The maximum Gasteiger partial charge on any atom is 0.145 e. The van der Waals surface area contributed by atoms with E-state index >= 15 is 0 Å². The largest absolute Gasteiger partial charge is 0.313 e. The molecule has 0 saturated heterocycles. The van der Waals surface area contributed by atoms with E-state index in [1.54, 1.807) is 18.2 Å². The fourth-order valence-electron chi connectivity index (χ4n) is 2.04. The zero-order valence-electron chi connectivity index (χ0n) is 10.8. The summed E-state index contributed by atoms with van der Waals surface area (Å²) in [5.74, 6) is -0.363. The molecule has 2 rings (SSSR count). The van der Waals surface area contributed by atoms with Crippen LogP contribution in [0.15, 0.2) is 40.9 Å². The molecule has 0 fully saturated rings. The summed E-state index contributed by atoms with van der Waals surface area (Å²) in [4.78, 5) is 0. The zero-order chi connectivity index (χ0) is 14.7. The van der Waals surface area contributed by atoms with Crippen LogP contribution in [0.5, 0.6) is 0 Å². The summed E-state index contributed by atoms with van der Waals surface area (Å²) in [5, 5.41) is 3.95. The molecule has 0 bridgehead atoms. The molecule has 0 spiro atoms. The Labute approximate surface area is 136 Å². The monoisotopic (exact) mass is 375 g/mol. The van der Waals surface area contributed by atoms with Gasteiger partial charge in [0.15, 0.2) is 0 Å². The molecule has 0 aromatic heterocycles. The van der Waals surface area contributed by atoms with E-state index in [9.17, 15) is 4.39 Å². The molecule has 0 aliphatic carbocycles. The molecule has 1 unspecified atom stereocenters. The second-order valence-electron chi connectivity index (χ2n) is 4.43. The third kappa shape index (κ3) is 3.53. The normalized spacial score (nSPS) is 12.4. The lowest BCUT2D eigenvalue weighted by atomic mass is 9.99. The summed E-state index contributed by atoms with van der Waals surface area (Å²) in [5.41, 5.74) is 1.58. The summed E-state index contributed by atoms with van der Waals surface area (Å²) in [6.07, 6.45) is 0.501. The first-order valence-electron chi connectivity index (χ1n) is 6.08. The maximum absolute atomic E-state index is 14.0. The highest BCUT2D eigenvalue weighted by molar-refractivity contribution is 9.10. The molecule has 20 heavy (non-hydrogen) atoms. The quantitative estimate of drug-likeness (QED) is 0.753. The van der Waals surface area contributed by atoms with Gasteiger partial charge in [-0.05, 0) is 58.7 Å². The van der Waals surface area contributed by atoms with Crippen LogP contribution >= 0.6 is 39.1 Å². The molecule has 0 heterocycles. The van der Waals surface area contributed by atoms with Crippen LogP contribution in [0.4, 0.5) is 4.39 Å². The predicted molar refractivity (Wildman–Crippen MR) is 86.1 cm³/mol. The van der Waals surface area contributed by atoms with Gasteiger partial charge in [0.1, 0.15) is 5.82 Å². The Kier molecular flexibility index (Phi) is 5.44. The van der Waals surface area contributed by atoms with Crippen molar-refractivity contribution in [1.82, 2.24) is 5.32 Å². The van der Waals surface area contributed by atoms with E-state index in [0.717, 1.165) is 10.0 Å². The van der Waals surface area contributed by atoms with Crippen LogP contribution < -0.4 is 5.32 Å². The number of hydrogen-bond donors (Lipinski definition) is 1. The Hall–Kier alpha value is -0.610. The summed E-state index contributed by atoms with van der Waals surface area (Å²) in [6.45, 7) is 0. The van der Waals surface area contributed by atoms with Crippen LogP contribution in [0.1, 0.15) is 17.2 Å². The Bertz CT molecular complexity index is 619. The first-order chi connectivity index (χ1) is 9.52. The minimum absolute atomic E-state index is 0.0337. The van der Waals surface area contributed by atoms with Gasteiger partial charge in [0.05, 0.1) is 10.0 Å². The van der Waals surface area contributed by atoms with E-state index in [1.165, 1.54) is 0 Å². The van der Waals surface area contributed by atoms with Gasteiger partial charge in [-0.1, -0.05) is 41.4 Å². The first-order valence-corrected chi connectivity index (χ1v) is 7.63. The lowest BCUT2D eigenvalue weighted by Gasteiger charge is -2.18. The highest BCUT2D eigenvalue weighted by Crippen LogP contribution is 2.28. The number of halogens is 4. The lowest BCUT2D eigenvalue weighted by molar-refractivity contribution is 0.554. The Morgan fingerprint density at radius 2 is 1.95 bits per heavy atom. The number of hydrogen-bond acceptors (Lipinski definition) is 1. The predicted octanol–water partition coefficient (Wildman–Crippen LogP) is 5.40. The molecule has 1 N–H and O–H groups in total. The maximum atomic E-state index is 14.0. The number of nitrogens with one attached hydrogen (secondary N) is 1. The van der Waals surface area contributed by atoms with Gasteiger partial charge < -0.3 is 5.32 Å². The van der Waals surface area contributed by atoms with Gasteiger partial charge in [0.2, 0.25) is 0 Å². The summed E-state index contributed by atoms with van der Waals surface area (Å²) in [7, 11) is 1.84. The van der Waals surface area contributed by atoms with Gasteiger partial charge >= 0.3 is 0 Å². The molecule has 1 atom stereocenters. The van der Waals surface area contributed by atoms with Gasteiger partial charge in [-0.15, -0.1) is 0 Å². The van der Waals surface area contributed by atoms with Crippen molar-refractivity contribution in [3.8, 4) is 0 Å². The molecule has 5 heteroatoms. The van der Waals surface area contributed by atoms with Crippen molar-refractivity contribution >= 4 is 39.1 Å². The van der Waals surface area contributed by atoms with Crippen molar-refractivity contribution in [2.24, 2.45) is 0 Å². The van der Waals surface area contributed by atoms with Crippen LogP contribution in [0, 0.1) is 5.82 Å². The van der Waals surface area contributed by atoms with Crippen molar-refractivity contribution in [2.75, 3.05) is 7.05 Å². The summed E-state index contributed by atoms with van der Waals surface area (Å²) < 4.78 is 14.8. The average molecular weight is 377 g/mol. The average Bonchev–Trinajstić information content (AvgIpc) is 2.44. The highest BCUT2D eigenvalue weighted by atomic mass is 79.9. The molecular weight excluding hydrogens is 364 g/mol. The molecule has 0 aliphatic heterocycles. The van der Waals surface area contributed by atoms with E-state index in [4.69, 9.17) is 23.2 Å². The molecular formula is C15H13BrCl2FN. The van der Waals surface area contributed by atoms with E-state index in [1.807, 2.05) is 25.2 Å². The highest BCUT2D eigenvalue weighted by Gasteiger charge is 2.15. The molecule has 0 radical (unpaired) electrons. The SMILES string of the molecule is CNC(Cc1cccc(Cl)c1F)c1ccc(Br)c(Cl)c1.